The fraction of sp³-hybridized carbons (Fsp3) is 0.857. The molecule has 0 aromatic carbocycles. The Labute approximate surface area is 104 Å². The van der Waals surface area contributed by atoms with E-state index in [2.05, 4.69) is 48.1 Å². The third kappa shape index (κ3) is 5.85. The van der Waals surface area contributed by atoms with Gasteiger partial charge in [-0.05, 0) is 24.4 Å². The second-order valence-corrected chi connectivity index (χ2v) is 9.43. The molecular formula is C14H30OSi. The summed E-state index contributed by atoms with van der Waals surface area (Å²) in [5, 5.41) is 0. The molecule has 1 atom stereocenters. The number of hydrogen-bond donors (Lipinski definition) is 0. The Hall–Kier alpha value is -0.0831. The Kier molecular flexibility index (Phi) is 8.03. The van der Waals surface area contributed by atoms with Crippen molar-refractivity contribution in [1.29, 1.82) is 0 Å². The topological polar surface area (TPSA) is 9.23 Å². The van der Waals surface area contributed by atoms with Crippen molar-refractivity contribution < 1.29 is 4.43 Å². The molecule has 0 aliphatic heterocycles. The van der Waals surface area contributed by atoms with Gasteiger partial charge < -0.3 is 4.43 Å². The number of unbranched alkanes of at least 4 members (excludes halogenated alkanes) is 1. The van der Waals surface area contributed by atoms with Crippen LogP contribution < -0.4 is 0 Å². The van der Waals surface area contributed by atoms with Crippen LogP contribution in [0.2, 0.25) is 11.1 Å². The molecule has 0 fully saturated rings. The Morgan fingerprint density at radius 2 is 1.69 bits per heavy atom. The third-order valence-electron chi connectivity index (χ3n) is 3.01. The molecule has 0 radical (unpaired) electrons. The summed E-state index contributed by atoms with van der Waals surface area (Å²) in [5.41, 5.74) is 2.62. The first-order valence-corrected chi connectivity index (χ1v) is 8.51. The van der Waals surface area contributed by atoms with E-state index in [1.54, 1.807) is 0 Å². The number of rotatable bonds is 8. The van der Waals surface area contributed by atoms with Gasteiger partial charge in [0.2, 0.25) is 0 Å². The highest BCUT2D eigenvalue weighted by molar-refractivity contribution is 6.55. The summed E-state index contributed by atoms with van der Waals surface area (Å²) in [6.07, 6.45) is 3.94. The highest BCUT2D eigenvalue weighted by Gasteiger charge is 2.24. The van der Waals surface area contributed by atoms with E-state index in [0.29, 0.717) is 17.2 Å². The van der Waals surface area contributed by atoms with E-state index < -0.39 is 9.04 Å². The van der Waals surface area contributed by atoms with Crippen LogP contribution in [0.5, 0.6) is 0 Å². The van der Waals surface area contributed by atoms with Crippen molar-refractivity contribution in [3.05, 3.63) is 12.2 Å². The maximum atomic E-state index is 6.38. The lowest BCUT2D eigenvalue weighted by Gasteiger charge is -2.29. The lowest BCUT2D eigenvalue weighted by Crippen LogP contribution is -2.31. The molecule has 0 spiro atoms. The smallest absolute Gasteiger partial charge is 0.182 e. The van der Waals surface area contributed by atoms with Gasteiger partial charge in [-0.25, -0.2) is 0 Å². The average molecular weight is 242 g/mol. The summed E-state index contributed by atoms with van der Waals surface area (Å²) in [7, 11) is -1.10. The minimum atomic E-state index is -1.10. The Bertz CT molecular complexity index is 191. The van der Waals surface area contributed by atoms with Gasteiger partial charge in [0, 0.05) is 0 Å². The molecule has 16 heavy (non-hydrogen) atoms. The minimum absolute atomic E-state index is 0.307. The van der Waals surface area contributed by atoms with Crippen LogP contribution in [0.25, 0.3) is 0 Å². The Balaban J connectivity index is 4.39. The van der Waals surface area contributed by atoms with Crippen molar-refractivity contribution in [3.8, 4) is 0 Å². The maximum Gasteiger partial charge on any atom is 0.182 e. The first-order chi connectivity index (χ1) is 7.40. The van der Waals surface area contributed by atoms with Gasteiger partial charge in [0.25, 0.3) is 0 Å². The quantitative estimate of drug-likeness (QED) is 0.443. The fourth-order valence-electron chi connectivity index (χ4n) is 2.09. The summed E-state index contributed by atoms with van der Waals surface area (Å²) >= 11 is 0. The van der Waals surface area contributed by atoms with Crippen molar-refractivity contribution in [2.24, 2.45) is 0 Å². The third-order valence-corrected chi connectivity index (χ3v) is 6.28. The van der Waals surface area contributed by atoms with Crippen molar-refractivity contribution in [3.63, 3.8) is 0 Å². The molecule has 0 saturated heterocycles. The van der Waals surface area contributed by atoms with Crippen molar-refractivity contribution in [1.82, 2.24) is 0 Å². The van der Waals surface area contributed by atoms with Gasteiger partial charge in [0.15, 0.2) is 9.04 Å². The summed E-state index contributed by atoms with van der Waals surface area (Å²) in [4.78, 5) is 0. The van der Waals surface area contributed by atoms with Crippen LogP contribution in [-0.2, 0) is 4.43 Å². The van der Waals surface area contributed by atoms with Crippen LogP contribution in [0, 0.1) is 0 Å². The van der Waals surface area contributed by atoms with Crippen LogP contribution >= 0.6 is 0 Å². The highest BCUT2D eigenvalue weighted by Crippen LogP contribution is 2.25. The van der Waals surface area contributed by atoms with Crippen LogP contribution in [-0.4, -0.2) is 15.1 Å². The monoisotopic (exact) mass is 242 g/mol. The van der Waals surface area contributed by atoms with Crippen LogP contribution in [0.15, 0.2) is 12.2 Å². The molecule has 1 unspecified atom stereocenters. The molecule has 0 heterocycles. The van der Waals surface area contributed by atoms with Gasteiger partial charge >= 0.3 is 0 Å². The van der Waals surface area contributed by atoms with Crippen molar-refractivity contribution in [2.75, 3.05) is 0 Å². The molecule has 2 heteroatoms. The Morgan fingerprint density at radius 1 is 1.19 bits per heavy atom. The van der Waals surface area contributed by atoms with Crippen molar-refractivity contribution >= 4 is 9.04 Å². The van der Waals surface area contributed by atoms with E-state index >= 15 is 0 Å². The molecule has 0 rings (SSSR count). The fourth-order valence-corrected chi connectivity index (χ4v) is 5.01. The zero-order chi connectivity index (χ0) is 12.7. The molecule has 0 bridgehead atoms. The molecule has 1 nitrogen and oxygen atoms in total. The maximum absolute atomic E-state index is 6.38. The van der Waals surface area contributed by atoms with E-state index in [9.17, 15) is 0 Å². The summed E-state index contributed by atoms with van der Waals surface area (Å²) in [6, 6.07) is 0. The average Bonchev–Trinajstić information content (AvgIpc) is 2.16. The molecule has 0 N–H and O–H groups in total. The molecule has 0 aromatic heterocycles. The van der Waals surface area contributed by atoms with E-state index in [1.807, 2.05) is 0 Å². The second-order valence-electron chi connectivity index (χ2n) is 5.57. The van der Waals surface area contributed by atoms with E-state index in [1.165, 1.54) is 18.4 Å². The minimum Gasteiger partial charge on any atom is -0.413 e. The predicted octanol–water partition coefficient (Wildman–Crippen LogP) is 4.68. The molecule has 0 amide bonds. The van der Waals surface area contributed by atoms with Crippen LogP contribution in [0.4, 0.5) is 0 Å². The summed E-state index contributed by atoms with van der Waals surface area (Å²) < 4.78 is 6.38. The molecule has 0 aliphatic rings. The molecular weight excluding hydrogens is 212 g/mol. The highest BCUT2D eigenvalue weighted by atomic mass is 28.3. The number of hydrogen-bond acceptors (Lipinski definition) is 1. The van der Waals surface area contributed by atoms with Gasteiger partial charge in [-0.1, -0.05) is 59.6 Å². The van der Waals surface area contributed by atoms with Gasteiger partial charge in [-0.3, -0.25) is 0 Å². The first kappa shape index (κ1) is 15.9. The summed E-state index contributed by atoms with van der Waals surface area (Å²) in [6.45, 7) is 17.6. The van der Waals surface area contributed by atoms with E-state index in [0.717, 1.165) is 6.42 Å². The van der Waals surface area contributed by atoms with Gasteiger partial charge in [0.1, 0.15) is 0 Å². The lowest BCUT2D eigenvalue weighted by molar-refractivity contribution is 0.215. The lowest BCUT2D eigenvalue weighted by atomic mass is 10.1. The zero-order valence-electron chi connectivity index (χ0n) is 12.0. The standard InChI is InChI=1S/C14H30OSi/c1-8-9-10-14(11(2)3)15-16(12(4)5)13(6)7/h12-14,16H,2,8-10H2,1,3-7H3. The molecule has 0 aliphatic carbocycles. The van der Waals surface area contributed by atoms with E-state index in [4.69, 9.17) is 4.43 Å². The molecule has 0 saturated carbocycles. The van der Waals surface area contributed by atoms with Gasteiger partial charge in [0.05, 0.1) is 6.10 Å². The largest absolute Gasteiger partial charge is 0.413 e. The normalized spacial score (nSPS) is 13.8. The van der Waals surface area contributed by atoms with Crippen molar-refractivity contribution in [2.45, 2.75) is 78.0 Å². The van der Waals surface area contributed by atoms with Crippen LogP contribution in [0.3, 0.4) is 0 Å². The Morgan fingerprint density at radius 3 is 2.00 bits per heavy atom. The second kappa shape index (κ2) is 8.07. The van der Waals surface area contributed by atoms with Gasteiger partial charge in [-0.15, -0.1) is 0 Å². The molecule has 0 aromatic rings. The van der Waals surface area contributed by atoms with Crippen LogP contribution in [0.1, 0.15) is 60.8 Å². The predicted molar refractivity (Wildman–Crippen MR) is 76.6 cm³/mol. The first-order valence-electron chi connectivity index (χ1n) is 6.71. The van der Waals surface area contributed by atoms with Gasteiger partial charge in [-0.2, -0.15) is 0 Å². The SMILES string of the molecule is C=C(C)C(CCCC)O[SiH](C(C)C)C(C)C. The van der Waals surface area contributed by atoms with E-state index in [-0.39, 0.29) is 0 Å². The molecule has 96 valence electrons. The zero-order valence-corrected chi connectivity index (χ0v) is 13.2. The summed E-state index contributed by atoms with van der Waals surface area (Å²) in [5.74, 6) is 0.